The van der Waals surface area contributed by atoms with E-state index in [0.29, 0.717) is 24.3 Å². The van der Waals surface area contributed by atoms with Crippen molar-refractivity contribution in [3.8, 4) is 0 Å². The van der Waals surface area contributed by atoms with Crippen LogP contribution in [0.5, 0.6) is 0 Å². The fourth-order valence-electron chi connectivity index (χ4n) is 1.92. The number of nitrogens with zero attached hydrogens (tertiary/aromatic N) is 1. The molecule has 0 unspecified atom stereocenters. The third kappa shape index (κ3) is 3.05. The predicted octanol–water partition coefficient (Wildman–Crippen LogP) is 0.512. The molecule has 0 spiro atoms. The zero-order valence-corrected chi connectivity index (χ0v) is 11.5. The quantitative estimate of drug-likeness (QED) is 0.845. The minimum Gasteiger partial charge on any atom is -0.325 e. The number of carbonyl (C=O) groups excluding carboxylic acids is 1. The highest BCUT2D eigenvalue weighted by Gasteiger charge is 2.28. The van der Waals surface area contributed by atoms with Gasteiger partial charge in [0.2, 0.25) is 15.9 Å². The molecule has 1 atom stereocenters. The first-order valence-corrected chi connectivity index (χ1v) is 7.68. The van der Waals surface area contributed by atoms with E-state index in [1.807, 2.05) is 0 Å². The van der Waals surface area contributed by atoms with Gasteiger partial charge in [-0.2, -0.15) is 0 Å². The molecule has 1 amide bonds. The van der Waals surface area contributed by atoms with Crippen LogP contribution in [0.25, 0.3) is 0 Å². The SMILES string of the molecule is C[C@@H](N)C(=O)Nc1cccc(N2CCCS2(=O)=O)c1. The van der Waals surface area contributed by atoms with E-state index in [1.165, 1.54) is 4.31 Å². The maximum atomic E-state index is 11.8. The van der Waals surface area contributed by atoms with E-state index in [1.54, 1.807) is 31.2 Å². The van der Waals surface area contributed by atoms with Crippen LogP contribution in [-0.2, 0) is 14.8 Å². The molecule has 1 aliphatic rings. The Morgan fingerprint density at radius 2 is 2.21 bits per heavy atom. The van der Waals surface area contributed by atoms with Crippen molar-refractivity contribution in [2.75, 3.05) is 21.9 Å². The molecular formula is C12H17N3O3S. The molecule has 0 saturated carbocycles. The molecule has 6 nitrogen and oxygen atoms in total. The molecule has 0 aromatic heterocycles. The summed E-state index contributed by atoms with van der Waals surface area (Å²) < 4.78 is 25.0. The van der Waals surface area contributed by atoms with Gasteiger partial charge in [0.1, 0.15) is 0 Å². The molecule has 1 aromatic carbocycles. The van der Waals surface area contributed by atoms with Crippen molar-refractivity contribution in [3.63, 3.8) is 0 Å². The Hall–Kier alpha value is -1.60. The summed E-state index contributed by atoms with van der Waals surface area (Å²) in [4.78, 5) is 11.5. The summed E-state index contributed by atoms with van der Waals surface area (Å²) in [6.45, 7) is 2.07. The lowest BCUT2D eigenvalue weighted by atomic mass is 10.2. The molecule has 1 fully saturated rings. The van der Waals surface area contributed by atoms with Crippen molar-refractivity contribution in [2.45, 2.75) is 19.4 Å². The largest absolute Gasteiger partial charge is 0.325 e. The molecule has 0 bridgehead atoms. The second kappa shape index (κ2) is 5.18. The lowest BCUT2D eigenvalue weighted by Crippen LogP contribution is -2.32. The first-order chi connectivity index (χ1) is 8.90. The number of hydrogen-bond acceptors (Lipinski definition) is 4. The number of hydrogen-bond donors (Lipinski definition) is 2. The van der Waals surface area contributed by atoms with E-state index in [4.69, 9.17) is 5.73 Å². The second-order valence-corrected chi connectivity index (χ2v) is 6.58. The van der Waals surface area contributed by atoms with E-state index in [9.17, 15) is 13.2 Å². The van der Waals surface area contributed by atoms with Gasteiger partial charge in [-0.3, -0.25) is 9.10 Å². The molecule has 0 radical (unpaired) electrons. The van der Waals surface area contributed by atoms with Crippen LogP contribution in [0.1, 0.15) is 13.3 Å². The minimum absolute atomic E-state index is 0.170. The van der Waals surface area contributed by atoms with E-state index >= 15 is 0 Å². The number of anilines is 2. The molecule has 3 N–H and O–H groups in total. The van der Waals surface area contributed by atoms with Gasteiger partial charge in [-0.05, 0) is 31.5 Å². The summed E-state index contributed by atoms with van der Waals surface area (Å²) in [6, 6.07) is 6.15. The number of amides is 1. The molecule has 1 aliphatic heterocycles. The summed E-state index contributed by atoms with van der Waals surface area (Å²) in [7, 11) is -3.21. The first-order valence-electron chi connectivity index (χ1n) is 6.07. The van der Waals surface area contributed by atoms with Gasteiger partial charge >= 0.3 is 0 Å². The van der Waals surface area contributed by atoms with Crippen molar-refractivity contribution in [3.05, 3.63) is 24.3 Å². The third-order valence-corrected chi connectivity index (χ3v) is 4.78. The number of benzene rings is 1. The molecule has 104 valence electrons. The van der Waals surface area contributed by atoms with Crippen LogP contribution in [0.15, 0.2) is 24.3 Å². The fraction of sp³-hybridized carbons (Fsp3) is 0.417. The smallest absolute Gasteiger partial charge is 0.240 e. The van der Waals surface area contributed by atoms with Crippen LogP contribution in [-0.4, -0.2) is 32.7 Å². The van der Waals surface area contributed by atoms with Crippen LogP contribution < -0.4 is 15.4 Å². The van der Waals surface area contributed by atoms with Crippen molar-refractivity contribution < 1.29 is 13.2 Å². The maximum absolute atomic E-state index is 11.8. The van der Waals surface area contributed by atoms with Gasteiger partial charge in [0.25, 0.3) is 0 Å². The van der Waals surface area contributed by atoms with Crippen LogP contribution in [0, 0.1) is 0 Å². The Balaban J connectivity index is 2.23. The summed E-state index contributed by atoms with van der Waals surface area (Å²) in [5, 5.41) is 2.65. The molecular weight excluding hydrogens is 266 g/mol. The Morgan fingerprint density at radius 3 is 2.79 bits per heavy atom. The number of carbonyl (C=O) groups is 1. The standard InChI is InChI=1S/C12H17N3O3S/c1-9(13)12(16)14-10-4-2-5-11(8-10)15-6-3-7-19(15,17)18/h2,4-5,8-9H,3,6-7,13H2,1H3,(H,14,16)/t9-/m1/s1. The Labute approximate surface area is 112 Å². The van der Waals surface area contributed by atoms with Crippen LogP contribution >= 0.6 is 0 Å². The van der Waals surface area contributed by atoms with Crippen LogP contribution in [0.3, 0.4) is 0 Å². The van der Waals surface area contributed by atoms with E-state index in [2.05, 4.69) is 5.32 Å². The number of nitrogens with two attached hydrogens (primary N) is 1. The summed E-state index contributed by atoms with van der Waals surface area (Å²) in [6.07, 6.45) is 0.624. The van der Waals surface area contributed by atoms with Crippen LogP contribution in [0.2, 0.25) is 0 Å². The Morgan fingerprint density at radius 1 is 1.47 bits per heavy atom. The van der Waals surface area contributed by atoms with E-state index < -0.39 is 16.1 Å². The molecule has 1 heterocycles. The minimum atomic E-state index is -3.21. The molecule has 0 aliphatic carbocycles. The van der Waals surface area contributed by atoms with Gasteiger partial charge in [-0.1, -0.05) is 6.07 Å². The van der Waals surface area contributed by atoms with Crippen molar-refractivity contribution in [1.29, 1.82) is 0 Å². The van der Waals surface area contributed by atoms with Crippen molar-refractivity contribution >= 4 is 27.3 Å². The van der Waals surface area contributed by atoms with E-state index in [-0.39, 0.29) is 11.7 Å². The molecule has 19 heavy (non-hydrogen) atoms. The third-order valence-electron chi connectivity index (χ3n) is 2.91. The number of sulfonamides is 1. The molecule has 7 heteroatoms. The normalized spacial score (nSPS) is 19.2. The number of nitrogens with one attached hydrogen (secondary N) is 1. The zero-order chi connectivity index (χ0) is 14.0. The molecule has 1 saturated heterocycles. The van der Waals surface area contributed by atoms with Gasteiger partial charge in [0, 0.05) is 12.2 Å². The lowest BCUT2D eigenvalue weighted by Gasteiger charge is -2.18. The Bertz CT molecular complexity index is 584. The van der Waals surface area contributed by atoms with Crippen molar-refractivity contribution in [1.82, 2.24) is 0 Å². The summed E-state index contributed by atoms with van der Waals surface area (Å²) in [5.41, 5.74) is 6.58. The van der Waals surface area contributed by atoms with Gasteiger partial charge < -0.3 is 11.1 Å². The highest BCUT2D eigenvalue weighted by Crippen LogP contribution is 2.26. The lowest BCUT2D eigenvalue weighted by molar-refractivity contribution is -0.117. The Kier molecular flexibility index (Phi) is 3.77. The van der Waals surface area contributed by atoms with Crippen molar-refractivity contribution in [2.24, 2.45) is 5.73 Å². The van der Waals surface area contributed by atoms with Crippen LogP contribution in [0.4, 0.5) is 11.4 Å². The average Bonchev–Trinajstić information content (AvgIpc) is 2.69. The van der Waals surface area contributed by atoms with Gasteiger partial charge in [0.15, 0.2) is 0 Å². The highest BCUT2D eigenvalue weighted by molar-refractivity contribution is 7.93. The average molecular weight is 283 g/mol. The highest BCUT2D eigenvalue weighted by atomic mass is 32.2. The zero-order valence-electron chi connectivity index (χ0n) is 10.7. The molecule has 2 rings (SSSR count). The predicted molar refractivity (Wildman–Crippen MR) is 74.5 cm³/mol. The molecule has 1 aromatic rings. The maximum Gasteiger partial charge on any atom is 0.240 e. The second-order valence-electron chi connectivity index (χ2n) is 4.57. The first kappa shape index (κ1) is 13.8. The fourth-order valence-corrected chi connectivity index (χ4v) is 3.48. The monoisotopic (exact) mass is 283 g/mol. The topological polar surface area (TPSA) is 92.5 Å². The van der Waals surface area contributed by atoms with Gasteiger partial charge in [-0.25, -0.2) is 8.42 Å². The number of rotatable bonds is 3. The van der Waals surface area contributed by atoms with E-state index in [0.717, 1.165) is 0 Å². The van der Waals surface area contributed by atoms with Gasteiger partial charge in [0.05, 0.1) is 17.5 Å². The summed E-state index contributed by atoms with van der Waals surface area (Å²) >= 11 is 0. The summed E-state index contributed by atoms with van der Waals surface area (Å²) in [5.74, 6) is -0.134. The van der Waals surface area contributed by atoms with Gasteiger partial charge in [-0.15, -0.1) is 0 Å².